The Kier molecular flexibility index (Phi) is 7.34. The zero-order valence-electron chi connectivity index (χ0n) is 27.0. The number of ether oxygens (including phenoxy) is 1. The maximum absolute atomic E-state index is 12.8. The monoisotopic (exact) mass is 572 g/mol. The number of hydrogen-bond acceptors (Lipinski definition) is 6. The molecule has 11 atom stereocenters. The Morgan fingerprint density at radius 1 is 0.976 bits per heavy atom. The molecule has 5 rings (SSSR count). The second-order valence-corrected chi connectivity index (χ2v) is 16.6. The average Bonchev–Trinajstić information content (AvgIpc) is 2.88. The van der Waals surface area contributed by atoms with Gasteiger partial charge >= 0.3 is 5.97 Å². The summed E-state index contributed by atoms with van der Waals surface area (Å²) in [5.74, 6) is 0.162. The van der Waals surface area contributed by atoms with E-state index >= 15 is 0 Å². The van der Waals surface area contributed by atoms with E-state index in [1.807, 2.05) is 13.8 Å². The highest BCUT2D eigenvalue weighted by atomic mass is 16.6. The summed E-state index contributed by atoms with van der Waals surface area (Å²) in [6, 6.07) is 0. The van der Waals surface area contributed by atoms with Gasteiger partial charge in [0.15, 0.2) is 0 Å². The third kappa shape index (κ3) is 3.92. The molecule has 41 heavy (non-hydrogen) atoms. The van der Waals surface area contributed by atoms with Gasteiger partial charge in [-0.1, -0.05) is 66.2 Å². The third-order valence-electron chi connectivity index (χ3n) is 14.3. The zero-order chi connectivity index (χ0) is 30.6. The van der Waals surface area contributed by atoms with Gasteiger partial charge in [-0.05, 0) is 98.2 Å². The van der Waals surface area contributed by atoms with Crippen molar-refractivity contribution in [2.45, 2.75) is 132 Å². The molecule has 4 saturated carbocycles. The molecular formula is C35H56O6. The Labute approximate surface area is 247 Å². The first-order valence-electron chi connectivity index (χ1n) is 16.1. The number of aliphatic hydroxyl groups excluding tert-OH is 4. The van der Waals surface area contributed by atoms with Gasteiger partial charge in [-0.3, -0.25) is 0 Å². The molecule has 0 saturated heterocycles. The van der Waals surface area contributed by atoms with Gasteiger partial charge in [0.1, 0.15) is 12.2 Å². The van der Waals surface area contributed by atoms with E-state index in [9.17, 15) is 25.2 Å². The van der Waals surface area contributed by atoms with Crippen molar-refractivity contribution in [3.8, 4) is 0 Å². The molecule has 0 amide bonds. The van der Waals surface area contributed by atoms with E-state index in [1.54, 1.807) is 19.9 Å². The Bertz CT molecular complexity index is 1140. The Morgan fingerprint density at radius 3 is 2.24 bits per heavy atom. The van der Waals surface area contributed by atoms with Crippen LogP contribution in [0.5, 0.6) is 0 Å². The average molecular weight is 573 g/mol. The van der Waals surface area contributed by atoms with E-state index in [-0.39, 0.29) is 40.3 Å². The van der Waals surface area contributed by atoms with Crippen LogP contribution in [0, 0.1) is 50.2 Å². The van der Waals surface area contributed by atoms with Crippen LogP contribution >= 0.6 is 0 Å². The van der Waals surface area contributed by atoms with Crippen molar-refractivity contribution in [1.82, 2.24) is 0 Å². The number of allylic oxidation sites excluding steroid dienone is 3. The highest BCUT2D eigenvalue weighted by Gasteiger charge is 2.72. The summed E-state index contributed by atoms with van der Waals surface area (Å²) in [5, 5.41) is 46.1. The SMILES string of the molecule is CC=C(C)C(=O)O[C@H]1[C@H](O)[C@]2(CO)[C@H](O)C[C@]3(C)C(=CC[C@@H]4[C@@]5(C)CC[C@H](O)C(C)(C)[C@@H]5CC[C@]43C)[C@H]2CC1(C)C. The van der Waals surface area contributed by atoms with Crippen LogP contribution in [0.3, 0.4) is 0 Å². The van der Waals surface area contributed by atoms with Crippen LogP contribution in [0.1, 0.15) is 107 Å². The lowest BCUT2D eigenvalue weighted by atomic mass is 9.33. The van der Waals surface area contributed by atoms with Crippen molar-refractivity contribution in [1.29, 1.82) is 0 Å². The van der Waals surface area contributed by atoms with E-state index in [1.165, 1.54) is 5.57 Å². The molecule has 0 unspecified atom stereocenters. The molecule has 0 radical (unpaired) electrons. The lowest BCUT2D eigenvalue weighted by Crippen LogP contribution is -2.72. The number of carbonyl (C=O) groups excluding carboxylic acids is 1. The maximum Gasteiger partial charge on any atom is 0.333 e. The van der Waals surface area contributed by atoms with Crippen molar-refractivity contribution in [3.63, 3.8) is 0 Å². The molecular weight excluding hydrogens is 516 g/mol. The smallest absolute Gasteiger partial charge is 0.333 e. The van der Waals surface area contributed by atoms with Crippen LogP contribution in [0.4, 0.5) is 0 Å². The van der Waals surface area contributed by atoms with Crippen LogP contribution < -0.4 is 0 Å². The molecule has 0 aliphatic heterocycles. The van der Waals surface area contributed by atoms with E-state index in [4.69, 9.17) is 4.74 Å². The summed E-state index contributed by atoms with van der Waals surface area (Å²) in [6.45, 7) is 18.9. The minimum Gasteiger partial charge on any atom is -0.456 e. The lowest BCUT2D eigenvalue weighted by Gasteiger charge is -2.72. The second kappa shape index (κ2) is 9.64. The minimum atomic E-state index is -1.20. The number of rotatable bonds is 3. The molecule has 5 aliphatic carbocycles. The standard InChI is InChI=1S/C35H56O6/c1-10-20(2)29(40)41-28-27(39)35(19-36)22(17-30(28,3)4)21-11-12-24-32(7)15-14-25(37)31(5,6)23(32)13-16-33(24,8)34(21,9)18-26(35)38/h10-11,22-28,36-39H,12-19H2,1-9H3/t22-,23+,24-,25+,26-,27+,28+,32+,33-,34-,35+/m1/s1. The van der Waals surface area contributed by atoms with E-state index in [2.05, 4.69) is 40.7 Å². The summed E-state index contributed by atoms with van der Waals surface area (Å²) >= 11 is 0. The molecule has 0 spiro atoms. The molecule has 6 heteroatoms. The van der Waals surface area contributed by atoms with E-state index in [0.29, 0.717) is 30.3 Å². The molecule has 0 aromatic heterocycles. The van der Waals surface area contributed by atoms with E-state index < -0.39 is 35.1 Å². The summed E-state index contributed by atoms with van der Waals surface area (Å²) in [7, 11) is 0. The molecule has 0 aromatic rings. The molecule has 232 valence electrons. The first-order valence-corrected chi connectivity index (χ1v) is 16.1. The number of aliphatic hydroxyl groups is 4. The Balaban J connectivity index is 1.58. The number of carbonyl (C=O) groups is 1. The van der Waals surface area contributed by atoms with Gasteiger partial charge in [-0.2, -0.15) is 0 Å². The second-order valence-electron chi connectivity index (χ2n) is 16.6. The molecule has 5 aliphatic rings. The van der Waals surface area contributed by atoms with Crippen LogP contribution in [-0.2, 0) is 9.53 Å². The minimum absolute atomic E-state index is 0.0647. The van der Waals surface area contributed by atoms with Gasteiger partial charge in [0.2, 0.25) is 0 Å². The van der Waals surface area contributed by atoms with Gasteiger partial charge in [-0.25, -0.2) is 4.79 Å². The van der Waals surface area contributed by atoms with E-state index in [0.717, 1.165) is 32.1 Å². The molecule has 4 N–H and O–H groups in total. The highest BCUT2D eigenvalue weighted by Crippen LogP contribution is 2.75. The molecule has 0 bridgehead atoms. The van der Waals surface area contributed by atoms with Gasteiger partial charge < -0.3 is 25.2 Å². The Hall–Kier alpha value is -1.21. The third-order valence-corrected chi connectivity index (χ3v) is 14.3. The van der Waals surface area contributed by atoms with Gasteiger partial charge in [0.05, 0.1) is 24.2 Å². The fraction of sp³-hybridized carbons (Fsp3) is 0.857. The predicted octanol–water partition coefficient (Wildman–Crippen LogP) is 5.57. The maximum atomic E-state index is 12.8. The van der Waals surface area contributed by atoms with Crippen LogP contribution in [-0.4, -0.2) is 57.4 Å². The largest absolute Gasteiger partial charge is 0.456 e. The quantitative estimate of drug-likeness (QED) is 0.200. The highest BCUT2D eigenvalue weighted by molar-refractivity contribution is 5.87. The molecule has 0 aromatic carbocycles. The van der Waals surface area contributed by atoms with Crippen molar-refractivity contribution in [3.05, 3.63) is 23.3 Å². The van der Waals surface area contributed by atoms with Crippen molar-refractivity contribution < 1.29 is 30.0 Å². The summed E-state index contributed by atoms with van der Waals surface area (Å²) in [5.41, 5.74) is -0.416. The van der Waals surface area contributed by atoms with Crippen molar-refractivity contribution in [2.75, 3.05) is 6.61 Å². The summed E-state index contributed by atoms with van der Waals surface area (Å²) in [4.78, 5) is 12.8. The molecule has 4 fully saturated rings. The van der Waals surface area contributed by atoms with Crippen LogP contribution in [0.25, 0.3) is 0 Å². The van der Waals surface area contributed by atoms with Gasteiger partial charge in [0.25, 0.3) is 0 Å². The lowest BCUT2D eigenvalue weighted by molar-refractivity contribution is -0.260. The number of esters is 1. The molecule has 0 heterocycles. The van der Waals surface area contributed by atoms with Crippen LogP contribution in [0.15, 0.2) is 23.3 Å². The number of fused-ring (bicyclic) bond motifs is 7. The first-order chi connectivity index (χ1) is 18.9. The Morgan fingerprint density at radius 2 is 1.63 bits per heavy atom. The number of hydrogen-bond donors (Lipinski definition) is 4. The normalized spacial score (nSPS) is 50.4. The fourth-order valence-corrected chi connectivity index (χ4v) is 11.4. The predicted molar refractivity (Wildman–Crippen MR) is 160 cm³/mol. The zero-order valence-corrected chi connectivity index (χ0v) is 27.0. The fourth-order valence-electron chi connectivity index (χ4n) is 11.4. The van der Waals surface area contributed by atoms with Crippen LogP contribution in [0.2, 0.25) is 0 Å². The molecule has 6 nitrogen and oxygen atoms in total. The first kappa shape index (κ1) is 31.2. The summed E-state index contributed by atoms with van der Waals surface area (Å²) < 4.78 is 5.94. The topological polar surface area (TPSA) is 107 Å². The van der Waals surface area contributed by atoms with Gasteiger partial charge in [-0.15, -0.1) is 0 Å². The van der Waals surface area contributed by atoms with Crippen molar-refractivity contribution in [2.24, 2.45) is 50.2 Å². The summed E-state index contributed by atoms with van der Waals surface area (Å²) in [6.07, 6.45) is 6.77. The van der Waals surface area contributed by atoms with Gasteiger partial charge in [0, 0.05) is 11.0 Å². The van der Waals surface area contributed by atoms with Crippen molar-refractivity contribution >= 4 is 5.97 Å².